The fourth-order valence-electron chi connectivity index (χ4n) is 1.77. The lowest BCUT2D eigenvalue weighted by Gasteiger charge is -2.11. The zero-order valence-electron chi connectivity index (χ0n) is 11.6. The molecule has 1 heterocycles. The Morgan fingerprint density at radius 3 is 2.67 bits per heavy atom. The van der Waals surface area contributed by atoms with Crippen molar-refractivity contribution in [3.8, 4) is 0 Å². The largest absolute Gasteiger partial charge is 0.340 e. The van der Waals surface area contributed by atoms with E-state index in [1.807, 2.05) is 13.0 Å². The van der Waals surface area contributed by atoms with Crippen LogP contribution in [0.4, 0.5) is 0 Å². The van der Waals surface area contributed by atoms with Crippen LogP contribution in [0.3, 0.4) is 0 Å². The van der Waals surface area contributed by atoms with E-state index in [-0.39, 0.29) is 23.8 Å². The summed E-state index contributed by atoms with van der Waals surface area (Å²) >= 11 is 3.30. The first kappa shape index (κ1) is 16.1. The first-order valence-corrected chi connectivity index (χ1v) is 8.39. The number of nitrogens with zero attached hydrogens (tertiary/aromatic N) is 2. The summed E-state index contributed by atoms with van der Waals surface area (Å²) in [5.74, 6) is 0.658. The van der Waals surface area contributed by atoms with Gasteiger partial charge in [-0.25, -0.2) is 13.1 Å². The molecule has 0 spiro atoms. The molecule has 21 heavy (non-hydrogen) atoms. The molecule has 9 heteroatoms. The van der Waals surface area contributed by atoms with Crippen LogP contribution in [0.15, 0.2) is 26.0 Å². The second-order valence-electron chi connectivity index (χ2n) is 4.48. The van der Waals surface area contributed by atoms with Crippen LogP contribution in [0.1, 0.15) is 22.8 Å². The lowest BCUT2D eigenvalue weighted by Crippen LogP contribution is -2.24. The summed E-state index contributed by atoms with van der Waals surface area (Å²) in [5, 5.41) is 3.64. The molecule has 0 aliphatic carbocycles. The van der Waals surface area contributed by atoms with E-state index < -0.39 is 10.0 Å². The number of benzene rings is 1. The molecule has 0 fully saturated rings. The van der Waals surface area contributed by atoms with E-state index in [9.17, 15) is 8.42 Å². The predicted octanol–water partition coefficient (Wildman–Crippen LogP) is 1.39. The Balaban J connectivity index is 2.29. The number of hydrogen-bond acceptors (Lipinski definition) is 6. The predicted molar refractivity (Wildman–Crippen MR) is 79.8 cm³/mol. The van der Waals surface area contributed by atoms with Crippen LogP contribution in [0, 0.1) is 13.8 Å². The van der Waals surface area contributed by atoms with Crippen LogP contribution >= 0.6 is 15.9 Å². The molecule has 0 amide bonds. The molecule has 2 rings (SSSR count). The van der Waals surface area contributed by atoms with Crippen LogP contribution in [-0.2, 0) is 23.1 Å². The summed E-state index contributed by atoms with van der Waals surface area (Å²) in [7, 11) is -3.71. The van der Waals surface area contributed by atoms with Gasteiger partial charge in [0.1, 0.15) is 0 Å². The Bertz CT molecular complexity index is 758. The Hall–Kier alpha value is -1.29. The van der Waals surface area contributed by atoms with Crippen molar-refractivity contribution in [2.75, 3.05) is 0 Å². The van der Waals surface area contributed by atoms with Gasteiger partial charge in [0.15, 0.2) is 5.82 Å². The molecule has 0 saturated heterocycles. The molecule has 0 unspecified atom stereocenters. The second-order valence-corrected chi connectivity index (χ2v) is 7.01. The Kier molecular flexibility index (Phi) is 4.77. The SMILES string of the molecule is Cc1nc(CNS(=O)(=O)c2cc(CN)cc(C)c2Br)no1. The molecule has 2 aromatic rings. The number of rotatable bonds is 5. The average molecular weight is 375 g/mol. The molecule has 0 saturated carbocycles. The number of aryl methyl sites for hydroxylation is 2. The highest BCUT2D eigenvalue weighted by Crippen LogP contribution is 2.27. The molecule has 0 aliphatic heterocycles. The maximum absolute atomic E-state index is 12.4. The molecule has 0 aliphatic rings. The lowest BCUT2D eigenvalue weighted by atomic mass is 10.1. The van der Waals surface area contributed by atoms with Gasteiger partial charge in [0.05, 0.1) is 11.4 Å². The highest BCUT2D eigenvalue weighted by atomic mass is 79.9. The third-order valence-electron chi connectivity index (χ3n) is 2.80. The lowest BCUT2D eigenvalue weighted by molar-refractivity contribution is 0.387. The van der Waals surface area contributed by atoms with Gasteiger partial charge in [-0.1, -0.05) is 11.2 Å². The van der Waals surface area contributed by atoms with Crippen molar-refractivity contribution in [1.29, 1.82) is 0 Å². The Labute approximate surface area is 131 Å². The average Bonchev–Trinajstić information content (AvgIpc) is 2.85. The fraction of sp³-hybridized carbons (Fsp3) is 0.333. The van der Waals surface area contributed by atoms with E-state index in [1.54, 1.807) is 13.0 Å². The van der Waals surface area contributed by atoms with Gasteiger partial charge in [0, 0.05) is 17.9 Å². The maximum atomic E-state index is 12.4. The molecule has 114 valence electrons. The third kappa shape index (κ3) is 3.67. The zero-order chi connectivity index (χ0) is 15.6. The van der Waals surface area contributed by atoms with Crippen molar-refractivity contribution in [1.82, 2.24) is 14.9 Å². The molecule has 3 N–H and O–H groups in total. The van der Waals surface area contributed by atoms with Crippen molar-refractivity contribution in [3.05, 3.63) is 39.4 Å². The zero-order valence-corrected chi connectivity index (χ0v) is 14.0. The van der Waals surface area contributed by atoms with Gasteiger partial charge in [-0.15, -0.1) is 0 Å². The summed E-state index contributed by atoms with van der Waals surface area (Å²) in [4.78, 5) is 4.09. The monoisotopic (exact) mass is 374 g/mol. The number of nitrogens with two attached hydrogens (primary N) is 1. The quantitative estimate of drug-likeness (QED) is 0.817. The molecule has 1 aromatic carbocycles. The van der Waals surface area contributed by atoms with Gasteiger partial charge in [-0.05, 0) is 40.0 Å². The topological polar surface area (TPSA) is 111 Å². The first-order chi connectivity index (χ1) is 9.83. The van der Waals surface area contributed by atoms with E-state index in [2.05, 4.69) is 30.8 Å². The van der Waals surface area contributed by atoms with Gasteiger partial charge >= 0.3 is 0 Å². The van der Waals surface area contributed by atoms with Gasteiger partial charge < -0.3 is 10.3 Å². The second kappa shape index (κ2) is 6.22. The molecule has 0 atom stereocenters. The third-order valence-corrected chi connectivity index (χ3v) is 5.54. The smallest absolute Gasteiger partial charge is 0.242 e. The first-order valence-electron chi connectivity index (χ1n) is 6.11. The summed E-state index contributed by atoms with van der Waals surface area (Å²) in [6, 6.07) is 3.38. The minimum atomic E-state index is -3.71. The van der Waals surface area contributed by atoms with Gasteiger partial charge in [0.25, 0.3) is 0 Å². The van der Waals surface area contributed by atoms with E-state index in [0.717, 1.165) is 11.1 Å². The number of nitrogens with one attached hydrogen (secondary N) is 1. The van der Waals surface area contributed by atoms with E-state index in [4.69, 9.17) is 10.3 Å². The minimum Gasteiger partial charge on any atom is -0.340 e. The number of hydrogen-bond donors (Lipinski definition) is 2. The molecule has 1 aromatic heterocycles. The van der Waals surface area contributed by atoms with Gasteiger partial charge in [-0.2, -0.15) is 4.98 Å². The number of halogens is 1. The normalized spacial score (nSPS) is 11.8. The van der Waals surface area contributed by atoms with Crippen molar-refractivity contribution in [2.45, 2.75) is 31.8 Å². The standard InChI is InChI=1S/C12H15BrN4O3S/c1-7-3-9(5-14)4-10(12(7)13)21(18,19)15-6-11-16-8(2)20-17-11/h3-4,15H,5-6,14H2,1-2H3. The number of aromatic nitrogens is 2. The minimum absolute atomic E-state index is 0.0436. The highest BCUT2D eigenvalue weighted by Gasteiger charge is 2.20. The molecule has 0 radical (unpaired) electrons. The van der Waals surface area contributed by atoms with Crippen LogP contribution < -0.4 is 10.5 Å². The summed E-state index contributed by atoms with van der Waals surface area (Å²) in [6.45, 7) is 3.67. The van der Waals surface area contributed by atoms with Crippen LogP contribution in [0.5, 0.6) is 0 Å². The van der Waals surface area contributed by atoms with E-state index in [1.165, 1.54) is 0 Å². The Morgan fingerprint density at radius 1 is 1.38 bits per heavy atom. The van der Waals surface area contributed by atoms with Crippen molar-refractivity contribution in [2.24, 2.45) is 5.73 Å². The van der Waals surface area contributed by atoms with E-state index >= 15 is 0 Å². The summed E-state index contributed by atoms with van der Waals surface area (Å²) in [5.41, 5.74) is 7.13. The van der Waals surface area contributed by atoms with E-state index in [0.29, 0.717) is 10.4 Å². The van der Waals surface area contributed by atoms with Crippen LogP contribution in [0.25, 0.3) is 0 Å². The maximum Gasteiger partial charge on any atom is 0.242 e. The molecular formula is C12H15BrN4O3S. The Morgan fingerprint density at radius 2 is 2.10 bits per heavy atom. The molecule has 7 nitrogen and oxygen atoms in total. The summed E-state index contributed by atoms with van der Waals surface area (Å²) in [6.07, 6.45) is 0. The van der Waals surface area contributed by atoms with Crippen LogP contribution in [0.2, 0.25) is 0 Å². The van der Waals surface area contributed by atoms with Crippen LogP contribution in [-0.4, -0.2) is 18.6 Å². The van der Waals surface area contributed by atoms with Gasteiger partial charge in [0.2, 0.25) is 15.9 Å². The van der Waals surface area contributed by atoms with Crippen molar-refractivity contribution < 1.29 is 12.9 Å². The molecule has 0 bridgehead atoms. The van der Waals surface area contributed by atoms with Crippen molar-refractivity contribution in [3.63, 3.8) is 0 Å². The highest BCUT2D eigenvalue weighted by molar-refractivity contribution is 9.10. The van der Waals surface area contributed by atoms with Gasteiger partial charge in [-0.3, -0.25) is 0 Å². The fourth-order valence-corrected chi connectivity index (χ4v) is 3.82. The molecular weight excluding hydrogens is 360 g/mol. The van der Waals surface area contributed by atoms with Crippen molar-refractivity contribution >= 4 is 26.0 Å². The number of sulfonamides is 1. The summed E-state index contributed by atoms with van der Waals surface area (Å²) < 4.78 is 32.5.